The molecule has 10 heteroatoms. The third-order valence-electron chi connectivity index (χ3n) is 7.10. The van der Waals surface area contributed by atoms with Crippen molar-refractivity contribution in [3.05, 3.63) is 117 Å². The smallest absolute Gasteiger partial charge is 0.253 e. The van der Waals surface area contributed by atoms with E-state index in [1.165, 1.54) is 16.2 Å². The van der Waals surface area contributed by atoms with Crippen molar-refractivity contribution in [1.29, 1.82) is 0 Å². The first-order valence-electron chi connectivity index (χ1n) is 14.3. The molecule has 0 bridgehead atoms. The summed E-state index contributed by atoms with van der Waals surface area (Å²) in [4.78, 5) is 36.7. The number of nitrogens with zero attached hydrogens (tertiary/aromatic N) is 3. The standard InChI is InChI=1S/C33H39N5O4S/c1-22(2)27-12-24(15-34-17-27)16-35-18-30(40)29(13-23-8-5-4-6-9-23)37-32(41)25-10-7-11-26(14-25)33(42)38(3)19-31-36-28(20-39)21-43-31/h4-12,14-15,17,21-22,29-30,35,39-40H,13,16,18-20H2,1-3H3,(H,37,41)/t29-,30+/m0/s1. The van der Waals surface area contributed by atoms with Gasteiger partial charge in [-0.25, -0.2) is 4.98 Å². The molecule has 0 saturated heterocycles. The molecule has 226 valence electrons. The van der Waals surface area contributed by atoms with Crippen LogP contribution in [0.4, 0.5) is 0 Å². The number of hydrogen-bond donors (Lipinski definition) is 4. The number of carbonyl (C=O) groups is 2. The molecule has 43 heavy (non-hydrogen) atoms. The predicted molar refractivity (Wildman–Crippen MR) is 168 cm³/mol. The maximum Gasteiger partial charge on any atom is 0.253 e. The Morgan fingerprint density at radius 3 is 2.49 bits per heavy atom. The van der Waals surface area contributed by atoms with Crippen LogP contribution in [0.3, 0.4) is 0 Å². The predicted octanol–water partition coefficient (Wildman–Crippen LogP) is 3.92. The van der Waals surface area contributed by atoms with Gasteiger partial charge in [0.15, 0.2) is 0 Å². The highest BCUT2D eigenvalue weighted by atomic mass is 32.1. The van der Waals surface area contributed by atoms with Gasteiger partial charge < -0.3 is 25.7 Å². The van der Waals surface area contributed by atoms with Crippen LogP contribution in [-0.2, 0) is 26.1 Å². The zero-order chi connectivity index (χ0) is 30.8. The summed E-state index contributed by atoms with van der Waals surface area (Å²) in [5.74, 6) is -0.258. The molecule has 0 spiro atoms. The van der Waals surface area contributed by atoms with Crippen LogP contribution in [0, 0.1) is 0 Å². The molecule has 2 atom stereocenters. The largest absolute Gasteiger partial charge is 0.390 e. The number of hydrogen-bond acceptors (Lipinski definition) is 8. The summed E-state index contributed by atoms with van der Waals surface area (Å²) in [6.07, 6.45) is 3.24. The first kappa shape index (κ1) is 32.0. The second-order valence-electron chi connectivity index (χ2n) is 10.9. The first-order chi connectivity index (χ1) is 20.7. The van der Waals surface area contributed by atoms with E-state index >= 15 is 0 Å². The van der Waals surface area contributed by atoms with Gasteiger partial charge in [0.1, 0.15) is 5.01 Å². The number of carbonyl (C=O) groups excluding carboxylic acids is 2. The number of pyridine rings is 1. The molecular formula is C33H39N5O4S. The van der Waals surface area contributed by atoms with Gasteiger partial charge in [-0.1, -0.05) is 56.3 Å². The zero-order valence-corrected chi connectivity index (χ0v) is 25.6. The lowest BCUT2D eigenvalue weighted by molar-refractivity contribution is 0.0784. The van der Waals surface area contributed by atoms with Crippen LogP contribution in [0.1, 0.15) is 67.9 Å². The fraction of sp³-hybridized carbons (Fsp3) is 0.333. The molecule has 4 rings (SSSR count). The molecule has 0 radical (unpaired) electrons. The normalized spacial score (nSPS) is 12.6. The Morgan fingerprint density at radius 2 is 1.77 bits per heavy atom. The van der Waals surface area contributed by atoms with E-state index in [4.69, 9.17) is 0 Å². The maximum atomic E-state index is 13.4. The molecule has 4 N–H and O–H groups in total. The molecule has 2 amide bonds. The molecule has 0 aliphatic carbocycles. The van der Waals surface area contributed by atoms with Crippen LogP contribution in [0.2, 0.25) is 0 Å². The minimum atomic E-state index is -0.872. The highest BCUT2D eigenvalue weighted by Gasteiger charge is 2.23. The van der Waals surface area contributed by atoms with Crippen LogP contribution in [-0.4, -0.2) is 62.6 Å². The third kappa shape index (κ3) is 9.26. The lowest BCUT2D eigenvalue weighted by atomic mass is 10.00. The molecule has 0 aliphatic rings. The van der Waals surface area contributed by atoms with Crippen molar-refractivity contribution in [3.8, 4) is 0 Å². The van der Waals surface area contributed by atoms with Gasteiger partial charge in [0.25, 0.3) is 11.8 Å². The van der Waals surface area contributed by atoms with Crippen molar-refractivity contribution in [2.75, 3.05) is 13.6 Å². The second kappa shape index (κ2) is 15.5. The molecule has 2 heterocycles. The topological polar surface area (TPSA) is 128 Å². The van der Waals surface area contributed by atoms with E-state index in [2.05, 4.69) is 40.5 Å². The number of thiazole rings is 1. The SMILES string of the molecule is CC(C)c1cncc(CNC[C@@H](O)[C@H](Cc2ccccc2)NC(=O)c2cccc(C(=O)N(C)Cc3nc(CO)cs3)c2)c1. The van der Waals surface area contributed by atoms with Gasteiger partial charge in [-0.15, -0.1) is 11.3 Å². The van der Waals surface area contributed by atoms with E-state index in [1.807, 2.05) is 42.7 Å². The summed E-state index contributed by atoms with van der Waals surface area (Å²) in [5.41, 5.74) is 4.42. The Balaban J connectivity index is 1.42. The summed E-state index contributed by atoms with van der Waals surface area (Å²) in [5, 5.41) is 29.2. The molecule has 9 nitrogen and oxygen atoms in total. The van der Waals surface area contributed by atoms with Crippen molar-refractivity contribution in [2.24, 2.45) is 0 Å². The average Bonchev–Trinajstić information content (AvgIpc) is 3.48. The van der Waals surface area contributed by atoms with Crippen LogP contribution >= 0.6 is 11.3 Å². The lowest BCUT2D eigenvalue weighted by Gasteiger charge is -2.25. The Labute approximate surface area is 256 Å². The van der Waals surface area contributed by atoms with Crippen molar-refractivity contribution < 1.29 is 19.8 Å². The number of rotatable bonds is 14. The average molecular weight is 602 g/mol. The van der Waals surface area contributed by atoms with Gasteiger partial charge in [0.05, 0.1) is 31.0 Å². The zero-order valence-electron chi connectivity index (χ0n) is 24.7. The highest BCUT2D eigenvalue weighted by Crippen LogP contribution is 2.16. The van der Waals surface area contributed by atoms with Crippen molar-refractivity contribution in [1.82, 2.24) is 25.5 Å². The minimum absolute atomic E-state index is 0.148. The van der Waals surface area contributed by atoms with Gasteiger partial charge >= 0.3 is 0 Å². The highest BCUT2D eigenvalue weighted by molar-refractivity contribution is 7.09. The maximum absolute atomic E-state index is 13.4. The van der Waals surface area contributed by atoms with E-state index in [1.54, 1.807) is 36.7 Å². The number of aromatic nitrogens is 2. The molecule has 2 aromatic heterocycles. The Morgan fingerprint density at radius 1 is 1.00 bits per heavy atom. The van der Waals surface area contributed by atoms with Crippen molar-refractivity contribution >= 4 is 23.2 Å². The summed E-state index contributed by atoms with van der Waals surface area (Å²) in [7, 11) is 1.67. The first-order valence-corrected chi connectivity index (χ1v) is 15.2. The van der Waals surface area contributed by atoms with E-state index in [9.17, 15) is 19.8 Å². The molecule has 0 saturated carbocycles. The van der Waals surface area contributed by atoms with E-state index in [0.29, 0.717) is 40.7 Å². The number of amides is 2. The molecule has 0 fully saturated rings. The number of aliphatic hydroxyl groups excluding tert-OH is 2. The van der Waals surface area contributed by atoms with Crippen LogP contribution in [0.15, 0.2) is 78.4 Å². The van der Waals surface area contributed by atoms with E-state index in [-0.39, 0.29) is 31.5 Å². The third-order valence-corrected chi connectivity index (χ3v) is 7.98. The minimum Gasteiger partial charge on any atom is -0.390 e. The fourth-order valence-corrected chi connectivity index (χ4v) is 5.45. The van der Waals surface area contributed by atoms with Crippen LogP contribution in [0.25, 0.3) is 0 Å². The van der Waals surface area contributed by atoms with Gasteiger partial charge in [0, 0.05) is 49.0 Å². The molecule has 2 aromatic carbocycles. The summed E-state index contributed by atoms with van der Waals surface area (Å²) >= 11 is 1.38. The van der Waals surface area contributed by atoms with E-state index in [0.717, 1.165) is 16.7 Å². The van der Waals surface area contributed by atoms with Crippen molar-refractivity contribution in [3.63, 3.8) is 0 Å². The number of nitrogens with one attached hydrogen (secondary N) is 2. The quantitative estimate of drug-likeness (QED) is 0.173. The Bertz CT molecular complexity index is 1490. The molecule has 0 unspecified atom stereocenters. The Kier molecular flexibility index (Phi) is 11.5. The second-order valence-corrected chi connectivity index (χ2v) is 11.8. The number of benzene rings is 2. The van der Waals surface area contributed by atoms with Gasteiger partial charge in [-0.05, 0) is 47.2 Å². The molecule has 0 aliphatic heterocycles. The van der Waals surface area contributed by atoms with E-state index < -0.39 is 12.1 Å². The number of aliphatic hydroxyl groups is 2. The van der Waals surface area contributed by atoms with Gasteiger partial charge in [0.2, 0.25) is 0 Å². The summed E-state index contributed by atoms with van der Waals surface area (Å²) < 4.78 is 0. The molecular weight excluding hydrogens is 562 g/mol. The Hall–Kier alpha value is -3.96. The summed E-state index contributed by atoms with van der Waals surface area (Å²) in [6, 6.07) is 17.8. The lowest BCUT2D eigenvalue weighted by Crippen LogP contribution is -2.48. The monoisotopic (exact) mass is 601 g/mol. The van der Waals surface area contributed by atoms with Gasteiger partial charge in [-0.2, -0.15) is 0 Å². The molecule has 4 aromatic rings. The van der Waals surface area contributed by atoms with Crippen LogP contribution in [0.5, 0.6) is 0 Å². The summed E-state index contributed by atoms with van der Waals surface area (Å²) in [6.45, 7) is 5.18. The van der Waals surface area contributed by atoms with Gasteiger partial charge in [-0.3, -0.25) is 14.6 Å². The van der Waals surface area contributed by atoms with Crippen LogP contribution < -0.4 is 10.6 Å². The van der Waals surface area contributed by atoms with Crippen molar-refractivity contribution in [2.45, 2.75) is 58.0 Å². The fourth-order valence-electron chi connectivity index (χ4n) is 4.61.